The third kappa shape index (κ3) is 11.7. The van der Waals surface area contributed by atoms with Crippen LogP contribution in [0.3, 0.4) is 0 Å². The Labute approximate surface area is 303 Å². The normalized spacial score (nSPS) is 13.8. The molecule has 0 saturated heterocycles. The van der Waals surface area contributed by atoms with Crippen LogP contribution in [0.2, 0.25) is 0 Å². The van der Waals surface area contributed by atoms with Crippen molar-refractivity contribution in [3.8, 4) is 0 Å². The van der Waals surface area contributed by atoms with Crippen LogP contribution in [0.15, 0.2) is 88.7 Å². The summed E-state index contributed by atoms with van der Waals surface area (Å²) in [6.07, 6.45) is 11.1. The molecule has 0 unspecified atom stereocenters. The SMILES string of the molecule is C=C/C(Cl)=C(\C)Sc1ncccc1CN[C@@H](CCCN)C(=O)N[C@@H](CN)C(=O)N(C)[C@@H](Cc1c[nH]c2ccccc12)C(=O)NCCC/C=C\N. The van der Waals surface area contributed by atoms with Crippen molar-refractivity contribution < 1.29 is 14.4 Å². The van der Waals surface area contributed by atoms with Gasteiger partial charge in [0.1, 0.15) is 17.1 Å². The maximum absolute atomic E-state index is 14.0. The monoisotopic (exact) mass is 723 g/mol. The highest BCUT2D eigenvalue weighted by Crippen LogP contribution is 2.31. The molecule has 0 fully saturated rings. The zero-order valence-electron chi connectivity index (χ0n) is 28.8. The molecule has 0 bridgehead atoms. The van der Waals surface area contributed by atoms with Gasteiger partial charge in [0, 0.05) is 66.3 Å². The summed E-state index contributed by atoms with van der Waals surface area (Å²) < 4.78 is 0. The van der Waals surface area contributed by atoms with Crippen LogP contribution in [-0.2, 0) is 27.3 Å². The number of H-pyrrole nitrogens is 1. The Morgan fingerprint density at radius 3 is 2.60 bits per heavy atom. The summed E-state index contributed by atoms with van der Waals surface area (Å²) in [5, 5.41) is 11.3. The largest absolute Gasteiger partial charge is 0.405 e. The van der Waals surface area contributed by atoms with E-state index in [9.17, 15) is 14.4 Å². The predicted molar refractivity (Wildman–Crippen MR) is 203 cm³/mol. The van der Waals surface area contributed by atoms with Gasteiger partial charge >= 0.3 is 0 Å². The van der Waals surface area contributed by atoms with Gasteiger partial charge in [-0.05, 0) is 74.7 Å². The number of nitrogens with one attached hydrogen (secondary N) is 4. The number of aromatic amines is 1. The van der Waals surface area contributed by atoms with Crippen molar-refractivity contribution >= 4 is 52.0 Å². The third-order valence-electron chi connectivity index (χ3n) is 8.21. The molecule has 3 aromatic rings. The molecule has 3 amide bonds. The number of carbonyl (C=O) groups is 3. The molecule has 0 spiro atoms. The first kappa shape index (κ1) is 40.3. The Balaban J connectivity index is 1.77. The zero-order valence-corrected chi connectivity index (χ0v) is 30.4. The van der Waals surface area contributed by atoms with Crippen molar-refractivity contribution in [1.29, 1.82) is 0 Å². The lowest BCUT2D eigenvalue weighted by Gasteiger charge is -2.31. The van der Waals surface area contributed by atoms with Crippen LogP contribution < -0.4 is 33.2 Å². The smallest absolute Gasteiger partial charge is 0.246 e. The second kappa shape index (κ2) is 21.2. The molecule has 0 radical (unpaired) electrons. The number of para-hydroxylation sites is 1. The molecule has 270 valence electrons. The van der Waals surface area contributed by atoms with Crippen LogP contribution in [0.1, 0.15) is 43.7 Å². The molecule has 12 nitrogen and oxygen atoms in total. The molecule has 0 aliphatic heterocycles. The van der Waals surface area contributed by atoms with Crippen molar-refractivity contribution in [1.82, 2.24) is 30.8 Å². The lowest BCUT2D eigenvalue weighted by molar-refractivity contribution is -0.141. The number of nitrogens with zero attached hydrogens (tertiary/aromatic N) is 2. The molecule has 0 aliphatic rings. The summed E-state index contributed by atoms with van der Waals surface area (Å²) in [4.78, 5) is 51.2. The van der Waals surface area contributed by atoms with E-state index in [1.807, 2.05) is 55.6 Å². The van der Waals surface area contributed by atoms with E-state index in [1.165, 1.54) is 22.9 Å². The molecule has 14 heteroatoms. The summed E-state index contributed by atoms with van der Waals surface area (Å²) in [5.41, 5.74) is 20.0. The van der Waals surface area contributed by atoms with Gasteiger partial charge in [0.15, 0.2) is 0 Å². The molecule has 0 aliphatic carbocycles. The van der Waals surface area contributed by atoms with Crippen molar-refractivity contribution in [2.75, 3.05) is 26.7 Å². The number of hydrogen-bond acceptors (Lipinski definition) is 9. The number of aromatic nitrogens is 2. The van der Waals surface area contributed by atoms with Crippen LogP contribution in [0.5, 0.6) is 0 Å². The Morgan fingerprint density at radius 2 is 1.88 bits per heavy atom. The molecule has 10 N–H and O–H groups in total. The van der Waals surface area contributed by atoms with E-state index in [2.05, 4.69) is 32.5 Å². The maximum Gasteiger partial charge on any atom is 0.246 e. The third-order valence-corrected chi connectivity index (χ3v) is 9.84. The fraction of sp³-hybridized carbons (Fsp3) is 0.389. The number of unbranched alkanes of at least 4 members (excludes halogenated alkanes) is 1. The van der Waals surface area contributed by atoms with Crippen LogP contribution in [0, 0.1) is 0 Å². The Hall–Kier alpha value is -4.14. The Kier molecular flexibility index (Phi) is 17.1. The molecule has 0 saturated carbocycles. The summed E-state index contributed by atoms with van der Waals surface area (Å²) >= 11 is 7.66. The first-order valence-corrected chi connectivity index (χ1v) is 17.8. The van der Waals surface area contributed by atoms with Crippen LogP contribution in [0.4, 0.5) is 0 Å². The second-order valence-corrected chi connectivity index (χ2v) is 13.3. The topological polar surface area (TPSA) is 197 Å². The van der Waals surface area contributed by atoms with Crippen molar-refractivity contribution in [2.24, 2.45) is 17.2 Å². The highest BCUT2D eigenvalue weighted by atomic mass is 35.5. The van der Waals surface area contributed by atoms with Crippen molar-refractivity contribution in [3.05, 3.63) is 94.8 Å². The minimum absolute atomic E-state index is 0.162. The quantitative estimate of drug-likeness (QED) is 0.0490. The molecular weight excluding hydrogens is 674 g/mol. The first-order chi connectivity index (χ1) is 24.1. The van der Waals surface area contributed by atoms with Gasteiger partial charge in [0.25, 0.3) is 0 Å². The molecule has 50 heavy (non-hydrogen) atoms. The van der Waals surface area contributed by atoms with E-state index in [0.717, 1.165) is 32.0 Å². The van der Waals surface area contributed by atoms with E-state index in [1.54, 1.807) is 19.3 Å². The number of amides is 3. The number of allylic oxidation sites excluding steroid dienone is 4. The Morgan fingerprint density at radius 1 is 1.10 bits per heavy atom. The first-order valence-electron chi connectivity index (χ1n) is 16.7. The summed E-state index contributed by atoms with van der Waals surface area (Å²) in [6, 6.07) is 8.91. The van der Waals surface area contributed by atoms with Gasteiger partial charge in [-0.2, -0.15) is 0 Å². The highest BCUT2D eigenvalue weighted by Gasteiger charge is 2.33. The summed E-state index contributed by atoms with van der Waals surface area (Å²) in [7, 11) is 1.56. The number of rotatable bonds is 21. The average Bonchev–Trinajstić information content (AvgIpc) is 3.54. The van der Waals surface area contributed by atoms with E-state index >= 15 is 0 Å². The van der Waals surface area contributed by atoms with Gasteiger partial charge < -0.3 is 43.0 Å². The molecule has 3 atom stereocenters. The van der Waals surface area contributed by atoms with Gasteiger partial charge in [-0.3, -0.25) is 14.4 Å². The summed E-state index contributed by atoms with van der Waals surface area (Å²) in [5.74, 6) is -1.18. The average molecular weight is 724 g/mol. The van der Waals surface area contributed by atoms with Gasteiger partial charge in [-0.15, -0.1) is 0 Å². The lowest BCUT2D eigenvalue weighted by Crippen LogP contribution is -2.59. The maximum atomic E-state index is 14.0. The van der Waals surface area contributed by atoms with Gasteiger partial charge in [0.2, 0.25) is 17.7 Å². The fourth-order valence-corrected chi connectivity index (χ4v) is 6.29. The van der Waals surface area contributed by atoms with E-state index < -0.39 is 29.9 Å². The second-order valence-electron chi connectivity index (χ2n) is 11.7. The number of hydrogen-bond donors (Lipinski definition) is 7. The molecule has 2 aromatic heterocycles. The number of thioether (sulfide) groups is 1. The van der Waals surface area contributed by atoms with Gasteiger partial charge in [0.05, 0.1) is 6.04 Å². The van der Waals surface area contributed by atoms with E-state index in [0.29, 0.717) is 50.3 Å². The van der Waals surface area contributed by atoms with Gasteiger partial charge in [-0.1, -0.05) is 60.3 Å². The van der Waals surface area contributed by atoms with Crippen molar-refractivity contribution in [2.45, 2.75) is 68.7 Å². The fourth-order valence-electron chi connectivity index (χ4n) is 5.32. The van der Waals surface area contributed by atoms with Crippen molar-refractivity contribution in [3.63, 3.8) is 0 Å². The number of carbonyl (C=O) groups excluding carboxylic acids is 3. The van der Waals surface area contributed by atoms with Crippen LogP contribution in [-0.4, -0.2) is 77.4 Å². The minimum atomic E-state index is -1.07. The van der Waals surface area contributed by atoms with Crippen LogP contribution >= 0.6 is 23.4 Å². The van der Waals surface area contributed by atoms with Gasteiger partial charge in [-0.25, -0.2) is 4.98 Å². The molecule has 2 heterocycles. The molecule has 3 rings (SSSR count). The number of likely N-dealkylation sites (N-methyl/N-ethyl adjacent to an activating group) is 1. The number of pyridine rings is 1. The predicted octanol–water partition coefficient (Wildman–Crippen LogP) is 3.39. The molecular formula is C36H50ClN9O3S. The van der Waals surface area contributed by atoms with E-state index in [4.69, 9.17) is 28.8 Å². The molecule has 1 aromatic carbocycles. The minimum Gasteiger partial charge on any atom is -0.405 e. The summed E-state index contributed by atoms with van der Waals surface area (Å²) in [6.45, 7) is 6.57. The number of fused-ring (bicyclic) bond motifs is 1. The lowest BCUT2D eigenvalue weighted by atomic mass is 10.0. The number of halogens is 1. The Bertz CT molecular complexity index is 1640. The zero-order chi connectivity index (χ0) is 36.5. The highest BCUT2D eigenvalue weighted by molar-refractivity contribution is 8.03. The van der Waals surface area contributed by atoms with Crippen LogP contribution in [0.25, 0.3) is 10.9 Å². The standard InChI is InChI=1S/C36H50ClN9O3S/c1-4-28(37)24(2)50-35-25(12-11-19-42-35)22-44-30(15-10-17-39)33(47)45-31(21-40)36(49)46(3)32(34(48)41-18-9-5-8-16-38)20-26-23-43-29-14-7-6-13-27(26)29/h4,6-8,11-14,16,19,23,30-32,43-44H,1,5,9-10,15,17-18,20-22,38-40H2,2-3H3,(H,41,48)(H,45,47)/b16-8-,28-24-/t30-,31-,32-/m0/s1. The number of nitrogens with two attached hydrogens (primary N) is 3. The van der Waals surface area contributed by atoms with E-state index in [-0.39, 0.29) is 18.9 Å². The number of benzene rings is 1.